The SMILES string of the molecule is CCCCC(CC)Nc1ccccc1C(=O)N(C)C. The summed E-state index contributed by atoms with van der Waals surface area (Å²) in [4.78, 5) is 13.8. The number of rotatable bonds is 7. The average Bonchev–Trinajstić information content (AvgIpc) is 2.43. The Balaban J connectivity index is 2.84. The monoisotopic (exact) mass is 262 g/mol. The van der Waals surface area contributed by atoms with Gasteiger partial charge in [-0.1, -0.05) is 38.8 Å². The van der Waals surface area contributed by atoms with E-state index in [-0.39, 0.29) is 5.91 Å². The van der Waals surface area contributed by atoms with Crippen molar-refractivity contribution in [1.82, 2.24) is 4.90 Å². The van der Waals surface area contributed by atoms with Gasteiger partial charge in [-0.05, 0) is 25.0 Å². The lowest BCUT2D eigenvalue weighted by Crippen LogP contribution is -2.25. The number of carbonyl (C=O) groups is 1. The van der Waals surface area contributed by atoms with Crippen LogP contribution in [0.1, 0.15) is 49.9 Å². The molecule has 1 N–H and O–H groups in total. The van der Waals surface area contributed by atoms with Crippen molar-refractivity contribution in [3.63, 3.8) is 0 Å². The molecule has 0 spiro atoms. The van der Waals surface area contributed by atoms with Crippen LogP contribution in [0.4, 0.5) is 5.69 Å². The number of unbranched alkanes of at least 4 members (excludes halogenated alkanes) is 1. The lowest BCUT2D eigenvalue weighted by molar-refractivity contribution is 0.0828. The van der Waals surface area contributed by atoms with Crippen LogP contribution in [0.15, 0.2) is 24.3 Å². The molecule has 1 aromatic rings. The highest BCUT2D eigenvalue weighted by Crippen LogP contribution is 2.20. The van der Waals surface area contributed by atoms with E-state index in [2.05, 4.69) is 19.2 Å². The molecule has 0 saturated carbocycles. The second-order valence-electron chi connectivity index (χ2n) is 5.14. The van der Waals surface area contributed by atoms with Crippen LogP contribution in [0.2, 0.25) is 0 Å². The van der Waals surface area contributed by atoms with Crippen LogP contribution in [0.25, 0.3) is 0 Å². The molecule has 3 nitrogen and oxygen atoms in total. The zero-order valence-electron chi connectivity index (χ0n) is 12.6. The summed E-state index contributed by atoms with van der Waals surface area (Å²) < 4.78 is 0. The molecule has 106 valence electrons. The molecule has 0 aromatic heterocycles. The predicted octanol–water partition coefficient (Wildman–Crippen LogP) is 3.77. The fourth-order valence-electron chi connectivity index (χ4n) is 2.09. The zero-order chi connectivity index (χ0) is 14.3. The van der Waals surface area contributed by atoms with Gasteiger partial charge >= 0.3 is 0 Å². The van der Waals surface area contributed by atoms with E-state index in [0.29, 0.717) is 6.04 Å². The van der Waals surface area contributed by atoms with Crippen molar-refractivity contribution in [1.29, 1.82) is 0 Å². The molecular formula is C16H26N2O. The van der Waals surface area contributed by atoms with Crippen molar-refractivity contribution in [2.24, 2.45) is 0 Å². The smallest absolute Gasteiger partial charge is 0.255 e. The molecule has 0 saturated heterocycles. The summed E-state index contributed by atoms with van der Waals surface area (Å²) in [6.45, 7) is 4.39. The summed E-state index contributed by atoms with van der Waals surface area (Å²) in [5, 5.41) is 3.52. The zero-order valence-corrected chi connectivity index (χ0v) is 12.6. The molecule has 19 heavy (non-hydrogen) atoms. The maximum absolute atomic E-state index is 12.1. The van der Waals surface area contributed by atoms with E-state index in [1.807, 2.05) is 24.3 Å². The molecular weight excluding hydrogens is 236 g/mol. The Morgan fingerprint density at radius 1 is 1.26 bits per heavy atom. The summed E-state index contributed by atoms with van der Waals surface area (Å²) in [5.41, 5.74) is 1.70. The summed E-state index contributed by atoms with van der Waals surface area (Å²) >= 11 is 0. The second-order valence-corrected chi connectivity index (χ2v) is 5.14. The van der Waals surface area contributed by atoms with Crippen LogP contribution in [-0.2, 0) is 0 Å². The van der Waals surface area contributed by atoms with Gasteiger partial charge in [0.15, 0.2) is 0 Å². The second kappa shape index (κ2) is 7.82. The van der Waals surface area contributed by atoms with Crippen molar-refractivity contribution in [3.05, 3.63) is 29.8 Å². The van der Waals surface area contributed by atoms with Crippen LogP contribution < -0.4 is 5.32 Å². The van der Waals surface area contributed by atoms with Gasteiger partial charge in [-0.25, -0.2) is 0 Å². The largest absolute Gasteiger partial charge is 0.382 e. The number of anilines is 1. The Morgan fingerprint density at radius 2 is 1.95 bits per heavy atom. The first kappa shape index (κ1) is 15.5. The molecule has 3 heteroatoms. The highest BCUT2D eigenvalue weighted by Gasteiger charge is 2.14. The standard InChI is InChI=1S/C16H26N2O/c1-5-7-10-13(6-2)17-15-12-9-8-11-14(15)16(19)18(3)4/h8-9,11-13,17H,5-7,10H2,1-4H3. The maximum Gasteiger partial charge on any atom is 0.255 e. The minimum Gasteiger partial charge on any atom is -0.382 e. The third-order valence-electron chi connectivity index (χ3n) is 3.32. The topological polar surface area (TPSA) is 32.3 Å². The lowest BCUT2D eigenvalue weighted by Gasteiger charge is -2.21. The fraction of sp³-hybridized carbons (Fsp3) is 0.562. The minimum absolute atomic E-state index is 0.0495. The molecule has 0 radical (unpaired) electrons. The summed E-state index contributed by atoms with van der Waals surface area (Å²) in [7, 11) is 3.57. The molecule has 1 rings (SSSR count). The Kier molecular flexibility index (Phi) is 6.40. The summed E-state index contributed by atoms with van der Waals surface area (Å²) in [6.07, 6.45) is 4.65. The van der Waals surface area contributed by atoms with Crippen molar-refractivity contribution in [2.75, 3.05) is 19.4 Å². The van der Waals surface area contributed by atoms with Crippen LogP contribution >= 0.6 is 0 Å². The molecule has 1 unspecified atom stereocenters. The van der Waals surface area contributed by atoms with Crippen molar-refractivity contribution in [3.8, 4) is 0 Å². The highest BCUT2D eigenvalue weighted by atomic mass is 16.2. The van der Waals surface area contributed by atoms with E-state index in [1.165, 1.54) is 12.8 Å². The van der Waals surface area contributed by atoms with Crippen molar-refractivity contribution < 1.29 is 4.79 Å². The maximum atomic E-state index is 12.1. The van der Waals surface area contributed by atoms with Crippen LogP contribution in [0, 0.1) is 0 Å². The number of para-hydroxylation sites is 1. The Morgan fingerprint density at radius 3 is 2.53 bits per heavy atom. The number of benzene rings is 1. The normalized spacial score (nSPS) is 12.0. The van der Waals surface area contributed by atoms with Crippen LogP contribution in [0.5, 0.6) is 0 Å². The van der Waals surface area contributed by atoms with Gasteiger partial charge < -0.3 is 10.2 Å². The van der Waals surface area contributed by atoms with E-state index in [1.54, 1.807) is 19.0 Å². The van der Waals surface area contributed by atoms with Crippen molar-refractivity contribution >= 4 is 11.6 Å². The molecule has 1 atom stereocenters. The highest BCUT2D eigenvalue weighted by molar-refractivity contribution is 5.99. The molecule has 0 fully saturated rings. The number of nitrogens with one attached hydrogen (secondary N) is 1. The van der Waals surface area contributed by atoms with Crippen LogP contribution in [0.3, 0.4) is 0 Å². The number of amides is 1. The Bertz CT molecular complexity index is 401. The van der Waals surface area contributed by atoms with Gasteiger partial charge in [0.25, 0.3) is 5.91 Å². The molecule has 0 heterocycles. The molecule has 0 aliphatic heterocycles. The molecule has 1 aromatic carbocycles. The number of hydrogen-bond acceptors (Lipinski definition) is 2. The van der Waals surface area contributed by atoms with E-state index in [9.17, 15) is 4.79 Å². The predicted molar refractivity (Wildman–Crippen MR) is 81.7 cm³/mol. The van der Waals surface area contributed by atoms with E-state index < -0.39 is 0 Å². The molecule has 0 bridgehead atoms. The molecule has 1 amide bonds. The summed E-state index contributed by atoms with van der Waals surface area (Å²) in [5.74, 6) is 0.0495. The van der Waals surface area contributed by atoms with Gasteiger partial charge in [-0.15, -0.1) is 0 Å². The first-order valence-electron chi connectivity index (χ1n) is 7.17. The minimum atomic E-state index is 0.0495. The quantitative estimate of drug-likeness (QED) is 0.811. The Labute approximate surface area is 117 Å². The fourth-order valence-corrected chi connectivity index (χ4v) is 2.09. The van der Waals surface area contributed by atoms with E-state index in [4.69, 9.17) is 0 Å². The van der Waals surface area contributed by atoms with Gasteiger partial charge in [0.1, 0.15) is 0 Å². The number of carbonyl (C=O) groups excluding carboxylic acids is 1. The number of hydrogen-bond donors (Lipinski definition) is 1. The van der Waals surface area contributed by atoms with E-state index >= 15 is 0 Å². The third-order valence-corrected chi connectivity index (χ3v) is 3.32. The lowest BCUT2D eigenvalue weighted by atomic mass is 10.1. The van der Waals surface area contributed by atoms with Gasteiger partial charge in [0.05, 0.1) is 5.56 Å². The third kappa shape index (κ3) is 4.58. The van der Waals surface area contributed by atoms with Gasteiger partial charge in [0, 0.05) is 25.8 Å². The van der Waals surface area contributed by atoms with Crippen LogP contribution in [-0.4, -0.2) is 30.9 Å². The first-order chi connectivity index (χ1) is 9.10. The Hall–Kier alpha value is -1.51. The van der Waals surface area contributed by atoms with Crippen molar-refractivity contribution in [2.45, 2.75) is 45.6 Å². The average molecular weight is 262 g/mol. The van der Waals surface area contributed by atoms with E-state index in [0.717, 1.165) is 24.1 Å². The number of nitrogens with zero attached hydrogens (tertiary/aromatic N) is 1. The molecule has 0 aliphatic rings. The molecule has 0 aliphatic carbocycles. The van der Waals surface area contributed by atoms with Gasteiger partial charge in [-0.2, -0.15) is 0 Å². The van der Waals surface area contributed by atoms with Gasteiger partial charge in [-0.3, -0.25) is 4.79 Å². The first-order valence-corrected chi connectivity index (χ1v) is 7.17. The summed E-state index contributed by atoms with van der Waals surface area (Å²) in [6, 6.07) is 8.20. The van der Waals surface area contributed by atoms with Gasteiger partial charge in [0.2, 0.25) is 0 Å².